The van der Waals surface area contributed by atoms with Gasteiger partial charge >= 0.3 is 0 Å². The van der Waals surface area contributed by atoms with Crippen LogP contribution in [0.25, 0.3) is 276 Å². The van der Waals surface area contributed by atoms with Crippen molar-refractivity contribution in [2.24, 2.45) is 0 Å². The molecule has 0 fully saturated rings. The van der Waals surface area contributed by atoms with E-state index >= 15 is 0 Å². The molecular formula is C116H66N8O2. The third-order valence-corrected chi connectivity index (χ3v) is 26.1. The Hall–Kier alpha value is -17.1. The molecule has 0 saturated carbocycles. The van der Waals surface area contributed by atoms with Gasteiger partial charge in [0.25, 0.3) is 0 Å². The van der Waals surface area contributed by atoms with E-state index in [-0.39, 0.29) is 0 Å². The van der Waals surface area contributed by atoms with E-state index in [4.69, 9.17) is 38.7 Å². The number of hydrogen-bond donors (Lipinski definition) is 0. The summed E-state index contributed by atoms with van der Waals surface area (Å²) in [4.78, 5) is 34.2. The number of hydrogen-bond acceptors (Lipinski definition) is 8. The largest absolute Gasteiger partial charge is 0.456 e. The lowest BCUT2D eigenvalue weighted by Crippen LogP contribution is -2.04. The van der Waals surface area contributed by atoms with Gasteiger partial charge in [-0.1, -0.05) is 297 Å². The Morgan fingerprint density at radius 3 is 1.14 bits per heavy atom. The van der Waals surface area contributed by atoms with Gasteiger partial charge < -0.3 is 18.0 Å². The molecule has 0 saturated heterocycles. The first-order chi connectivity index (χ1) is 62.4. The molecule has 126 heavy (non-hydrogen) atoms. The smallest absolute Gasteiger partial charge is 0.166 e. The van der Waals surface area contributed by atoms with E-state index in [2.05, 4.69) is 410 Å². The monoisotopic (exact) mass is 1600 g/mol. The molecule has 0 spiro atoms. The van der Waals surface area contributed by atoms with E-state index in [0.29, 0.717) is 40.5 Å². The molecule has 0 aliphatic heterocycles. The van der Waals surface area contributed by atoms with Crippen LogP contribution < -0.4 is 0 Å². The lowest BCUT2D eigenvalue weighted by Gasteiger charge is -2.16. The highest BCUT2D eigenvalue weighted by Crippen LogP contribution is 2.49. The van der Waals surface area contributed by atoms with Gasteiger partial charge in [-0.05, 0) is 194 Å². The Morgan fingerprint density at radius 2 is 0.540 bits per heavy atom. The molecule has 27 aromatic rings. The van der Waals surface area contributed by atoms with Gasteiger partial charge in [-0.25, -0.2) is 29.9 Å². The fraction of sp³-hybridized carbons (Fsp3) is 0. The number of fused-ring (bicyclic) bond motifs is 22. The van der Waals surface area contributed by atoms with E-state index in [1.807, 2.05) is 0 Å². The third-order valence-electron chi connectivity index (χ3n) is 26.1. The van der Waals surface area contributed by atoms with E-state index in [0.717, 1.165) is 219 Å². The van der Waals surface area contributed by atoms with Crippen molar-refractivity contribution in [3.8, 4) is 102 Å². The standard InChI is InChI=1S/C116H66N8O2/c1-2-23-67(24-3-1)79-54-80(56-81(55-79)112-119-114(92-44-21-34-69-26-9-14-38-84(69)92)122-116(120-112)99-62-97-90-52-49-71-28-11-15-39-87(71)110(90)126-109(97)66-106(99)124-102-46-19-17-41-89(102)95-58-73-30-5-7-32-75(73)61-104(95)124)85-42-22-35-76-59-96-98-63-100(105(65-108(98)125-107(96)64-93(76)85)123-101-45-18-16-40-88(101)94-57-72-29-4-6-31-74(72)60-103(94)123)115-118-111(117-113(121-115)91-43-20-33-68-25-8-13-37-83(68)91)78-50-51-86-77(53-78)48-47-70-27-10-12-36-82(70)86/h1-66H. The fourth-order valence-corrected chi connectivity index (χ4v) is 20.1. The number of para-hydroxylation sites is 2. The summed E-state index contributed by atoms with van der Waals surface area (Å²) in [6.45, 7) is 0. The molecule has 0 bridgehead atoms. The first kappa shape index (κ1) is 69.7. The summed E-state index contributed by atoms with van der Waals surface area (Å²) in [6.07, 6.45) is 0. The Balaban J connectivity index is 0.688. The zero-order valence-corrected chi connectivity index (χ0v) is 67.5. The average Bonchev–Trinajstić information content (AvgIpc) is 1.55. The quantitative estimate of drug-likeness (QED) is 0.124. The lowest BCUT2D eigenvalue weighted by molar-refractivity contribution is 0.669. The first-order valence-electron chi connectivity index (χ1n) is 42.7. The van der Waals surface area contributed by atoms with Crippen molar-refractivity contribution in [3.05, 3.63) is 400 Å². The van der Waals surface area contributed by atoms with Crippen LogP contribution in [0.15, 0.2) is 409 Å². The summed E-state index contributed by atoms with van der Waals surface area (Å²) in [5.74, 6) is 3.19. The second-order valence-electron chi connectivity index (χ2n) is 33.2. The Morgan fingerprint density at radius 1 is 0.159 bits per heavy atom. The number of benzene rings is 21. The van der Waals surface area contributed by atoms with Gasteiger partial charge in [-0.2, -0.15) is 0 Å². The minimum absolute atomic E-state index is 0.504. The second-order valence-corrected chi connectivity index (χ2v) is 33.2. The van der Waals surface area contributed by atoms with Crippen molar-refractivity contribution in [1.82, 2.24) is 39.0 Å². The van der Waals surface area contributed by atoms with E-state index in [1.165, 1.54) is 16.2 Å². The van der Waals surface area contributed by atoms with Crippen molar-refractivity contribution in [3.63, 3.8) is 0 Å². The molecule has 582 valence electrons. The summed E-state index contributed by atoms with van der Waals surface area (Å²) in [6, 6.07) is 144. The van der Waals surface area contributed by atoms with E-state index in [1.54, 1.807) is 0 Å². The molecule has 0 atom stereocenters. The van der Waals surface area contributed by atoms with Gasteiger partial charge in [-0.3, -0.25) is 0 Å². The van der Waals surface area contributed by atoms with E-state index < -0.39 is 0 Å². The molecule has 0 unspecified atom stereocenters. The average molecular weight is 1600 g/mol. The minimum Gasteiger partial charge on any atom is -0.456 e. The summed E-state index contributed by atoms with van der Waals surface area (Å²) >= 11 is 0. The van der Waals surface area contributed by atoms with Crippen LogP contribution in [0.1, 0.15) is 0 Å². The molecule has 0 aliphatic carbocycles. The first-order valence-corrected chi connectivity index (χ1v) is 42.7. The van der Waals surface area contributed by atoms with Crippen molar-refractivity contribution in [2.75, 3.05) is 0 Å². The fourth-order valence-electron chi connectivity index (χ4n) is 20.1. The van der Waals surface area contributed by atoms with Crippen LogP contribution in [0, 0.1) is 0 Å². The van der Waals surface area contributed by atoms with Crippen molar-refractivity contribution >= 4 is 174 Å². The Bertz CT molecular complexity index is 9390. The number of aromatic nitrogens is 8. The van der Waals surface area contributed by atoms with Gasteiger partial charge in [0.1, 0.15) is 22.3 Å². The van der Waals surface area contributed by atoms with E-state index in [9.17, 15) is 0 Å². The molecule has 10 nitrogen and oxygen atoms in total. The van der Waals surface area contributed by atoms with Crippen molar-refractivity contribution < 1.29 is 8.83 Å². The molecule has 0 radical (unpaired) electrons. The molecule has 0 N–H and O–H groups in total. The normalized spacial score (nSPS) is 12.1. The minimum atomic E-state index is 0.504. The van der Waals surface area contributed by atoms with Gasteiger partial charge in [0.2, 0.25) is 0 Å². The summed E-state index contributed by atoms with van der Waals surface area (Å²) in [5.41, 5.74) is 18.0. The molecule has 10 heteroatoms. The molecule has 6 heterocycles. The van der Waals surface area contributed by atoms with Crippen LogP contribution in [0.4, 0.5) is 0 Å². The van der Waals surface area contributed by atoms with Crippen LogP contribution in [0.5, 0.6) is 0 Å². The second kappa shape index (κ2) is 27.2. The maximum absolute atomic E-state index is 7.47. The Labute approximate surface area is 719 Å². The topological polar surface area (TPSA) is 113 Å². The molecule has 0 amide bonds. The zero-order valence-electron chi connectivity index (χ0n) is 67.5. The molecule has 0 aliphatic rings. The lowest BCUT2D eigenvalue weighted by atomic mass is 9.92. The maximum Gasteiger partial charge on any atom is 0.166 e. The predicted molar refractivity (Wildman–Crippen MR) is 520 cm³/mol. The predicted octanol–water partition coefficient (Wildman–Crippen LogP) is 30.6. The number of furan rings is 2. The van der Waals surface area contributed by atoms with Crippen LogP contribution in [-0.2, 0) is 0 Å². The van der Waals surface area contributed by atoms with Gasteiger partial charge in [0, 0.05) is 94.0 Å². The van der Waals surface area contributed by atoms with Gasteiger partial charge in [-0.15, -0.1) is 0 Å². The van der Waals surface area contributed by atoms with Gasteiger partial charge in [0.05, 0.1) is 33.4 Å². The number of rotatable bonds is 10. The summed E-state index contributed by atoms with van der Waals surface area (Å²) < 4.78 is 19.4. The van der Waals surface area contributed by atoms with Crippen LogP contribution in [-0.4, -0.2) is 39.0 Å². The molecule has 6 aromatic heterocycles. The third kappa shape index (κ3) is 10.9. The van der Waals surface area contributed by atoms with Gasteiger partial charge in [0.15, 0.2) is 34.9 Å². The molecule has 27 rings (SSSR count). The highest BCUT2D eigenvalue weighted by atomic mass is 16.3. The highest BCUT2D eigenvalue weighted by molar-refractivity contribution is 6.21. The molecule has 21 aromatic carbocycles. The summed E-state index contributed by atoms with van der Waals surface area (Å²) in [5, 5.41) is 26.0. The van der Waals surface area contributed by atoms with Crippen LogP contribution in [0.2, 0.25) is 0 Å². The summed E-state index contributed by atoms with van der Waals surface area (Å²) in [7, 11) is 0. The van der Waals surface area contributed by atoms with Crippen LogP contribution >= 0.6 is 0 Å². The Kier molecular flexibility index (Phi) is 15.1. The number of nitrogens with zero attached hydrogens (tertiary/aromatic N) is 8. The SMILES string of the molecule is c1ccc(-c2cc(-c3nc(-c4cc5c(cc4-n4c6ccccc6c6cc7ccccc7cc64)oc4c6ccccc6ccc54)nc(-c4cccc5ccccc45)n3)cc(-c3cccc4cc5c(cc34)oc3cc(-n4c6ccccc6c6cc7ccccc7cc64)c(-c4nc(-c6ccc7c(ccc8ccccc87)c6)nc(-c6cccc7ccccc67)n4)cc35)c2)cc1. The molecular weight excluding hydrogens is 1540 g/mol. The van der Waals surface area contributed by atoms with Crippen LogP contribution in [0.3, 0.4) is 0 Å². The van der Waals surface area contributed by atoms with Crippen molar-refractivity contribution in [2.45, 2.75) is 0 Å². The highest BCUT2D eigenvalue weighted by Gasteiger charge is 2.28. The zero-order chi connectivity index (χ0) is 82.3. The maximum atomic E-state index is 7.47. The van der Waals surface area contributed by atoms with Crippen molar-refractivity contribution in [1.29, 1.82) is 0 Å².